The van der Waals surface area contributed by atoms with Gasteiger partial charge < -0.3 is 9.67 Å². The lowest BCUT2D eigenvalue weighted by atomic mass is 10.4. The van der Waals surface area contributed by atoms with E-state index >= 15 is 0 Å². The van der Waals surface area contributed by atoms with Crippen LogP contribution >= 0.6 is 11.3 Å². The summed E-state index contributed by atoms with van der Waals surface area (Å²) in [7, 11) is 0. The lowest BCUT2D eigenvalue weighted by Gasteiger charge is -2.01. The predicted octanol–water partition coefficient (Wildman–Crippen LogP) is 1.00. The van der Waals surface area contributed by atoms with Crippen LogP contribution in [0.15, 0.2) is 4.79 Å². The van der Waals surface area contributed by atoms with Crippen molar-refractivity contribution in [2.45, 2.75) is 26.8 Å². The van der Waals surface area contributed by atoms with Gasteiger partial charge in [0.1, 0.15) is 0 Å². The molecular formula is C8H11NO3S. The second-order valence-electron chi connectivity index (χ2n) is 2.80. The summed E-state index contributed by atoms with van der Waals surface area (Å²) in [6.45, 7) is 3.96. The zero-order valence-electron chi connectivity index (χ0n) is 7.53. The zero-order chi connectivity index (χ0) is 10.0. The van der Waals surface area contributed by atoms with E-state index in [4.69, 9.17) is 5.11 Å². The van der Waals surface area contributed by atoms with E-state index in [0.717, 1.165) is 21.9 Å². The lowest BCUT2D eigenvalue weighted by Crippen LogP contribution is -2.16. The summed E-state index contributed by atoms with van der Waals surface area (Å²) < 4.78 is 1.51. The van der Waals surface area contributed by atoms with Crippen LogP contribution in [0.4, 0.5) is 0 Å². The molecule has 0 unspecified atom stereocenters. The maximum atomic E-state index is 11.3. The number of carboxylic acids is 1. The maximum absolute atomic E-state index is 11.3. The maximum Gasteiger partial charge on any atom is 0.307 e. The molecule has 72 valence electrons. The summed E-state index contributed by atoms with van der Waals surface area (Å²) in [6, 6.07) is 0. The van der Waals surface area contributed by atoms with Gasteiger partial charge in [0, 0.05) is 17.1 Å². The molecule has 4 nitrogen and oxygen atoms in total. The Hall–Kier alpha value is -1.10. The van der Waals surface area contributed by atoms with E-state index in [0.29, 0.717) is 0 Å². The van der Waals surface area contributed by atoms with Gasteiger partial charge in [0.15, 0.2) is 0 Å². The van der Waals surface area contributed by atoms with E-state index in [1.165, 1.54) is 4.57 Å². The second kappa shape index (κ2) is 3.74. The molecule has 1 N–H and O–H groups in total. The summed E-state index contributed by atoms with van der Waals surface area (Å²) in [5.41, 5.74) is 0.872. The van der Waals surface area contributed by atoms with E-state index in [-0.39, 0.29) is 17.8 Å². The number of rotatable bonds is 3. The Morgan fingerprint density at radius 3 is 2.54 bits per heavy atom. The first-order valence-corrected chi connectivity index (χ1v) is 4.72. The molecular weight excluding hydrogens is 190 g/mol. The van der Waals surface area contributed by atoms with Crippen LogP contribution in [0.3, 0.4) is 0 Å². The van der Waals surface area contributed by atoms with Crippen molar-refractivity contribution < 1.29 is 9.90 Å². The molecule has 1 aromatic heterocycles. The third-order valence-corrected chi connectivity index (χ3v) is 2.92. The molecule has 0 bridgehead atoms. The smallest absolute Gasteiger partial charge is 0.307 e. The lowest BCUT2D eigenvalue weighted by molar-refractivity contribution is -0.137. The highest BCUT2D eigenvalue weighted by Crippen LogP contribution is 2.09. The van der Waals surface area contributed by atoms with Crippen molar-refractivity contribution in [1.82, 2.24) is 4.57 Å². The summed E-state index contributed by atoms with van der Waals surface area (Å²) in [5.74, 6) is -0.879. The van der Waals surface area contributed by atoms with Crippen LogP contribution in [-0.2, 0) is 11.3 Å². The van der Waals surface area contributed by atoms with Crippen molar-refractivity contribution in [1.29, 1.82) is 0 Å². The van der Waals surface area contributed by atoms with Gasteiger partial charge in [0.2, 0.25) is 0 Å². The van der Waals surface area contributed by atoms with Crippen LogP contribution in [-0.4, -0.2) is 15.6 Å². The number of aryl methyl sites for hydroxylation is 1. The molecule has 0 radical (unpaired) electrons. The molecule has 0 spiro atoms. The van der Waals surface area contributed by atoms with Gasteiger partial charge in [0.25, 0.3) is 0 Å². The Morgan fingerprint density at radius 1 is 1.54 bits per heavy atom. The number of aromatic nitrogens is 1. The zero-order valence-corrected chi connectivity index (χ0v) is 8.35. The normalized spacial score (nSPS) is 10.3. The SMILES string of the molecule is Cc1sc(=O)n(CCC(=O)O)c1C. The number of thiazole rings is 1. The summed E-state index contributed by atoms with van der Waals surface area (Å²) in [4.78, 5) is 22.4. The molecule has 0 amide bonds. The van der Waals surface area contributed by atoms with E-state index in [9.17, 15) is 9.59 Å². The Morgan fingerprint density at radius 2 is 2.15 bits per heavy atom. The first-order valence-electron chi connectivity index (χ1n) is 3.91. The number of hydrogen-bond acceptors (Lipinski definition) is 3. The van der Waals surface area contributed by atoms with Gasteiger partial charge in [-0.25, -0.2) is 0 Å². The monoisotopic (exact) mass is 201 g/mol. The molecule has 0 saturated carbocycles. The van der Waals surface area contributed by atoms with Crippen LogP contribution < -0.4 is 4.87 Å². The number of aliphatic carboxylic acids is 1. The Balaban J connectivity index is 2.88. The molecule has 0 aromatic carbocycles. The molecule has 13 heavy (non-hydrogen) atoms. The Labute approximate surface area is 79.4 Å². The van der Waals surface area contributed by atoms with E-state index in [2.05, 4.69) is 0 Å². The average molecular weight is 201 g/mol. The molecule has 0 saturated heterocycles. The van der Waals surface area contributed by atoms with Gasteiger partial charge in [-0.1, -0.05) is 11.3 Å². The Bertz CT molecular complexity index is 377. The third-order valence-electron chi connectivity index (χ3n) is 1.92. The highest BCUT2D eigenvalue weighted by Gasteiger charge is 2.08. The van der Waals surface area contributed by atoms with Gasteiger partial charge in [-0.3, -0.25) is 9.59 Å². The van der Waals surface area contributed by atoms with Gasteiger partial charge >= 0.3 is 10.8 Å². The van der Waals surface area contributed by atoms with Gasteiger partial charge in [-0.2, -0.15) is 0 Å². The highest BCUT2D eigenvalue weighted by molar-refractivity contribution is 7.09. The average Bonchev–Trinajstić information content (AvgIpc) is 2.24. The number of carboxylic acid groups (broad SMARTS) is 1. The van der Waals surface area contributed by atoms with Crippen LogP contribution in [0.25, 0.3) is 0 Å². The summed E-state index contributed by atoms with van der Waals surface area (Å²) >= 11 is 1.16. The molecule has 1 heterocycles. The first kappa shape index (κ1) is 9.98. The van der Waals surface area contributed by atoms with Crippen LogP contribution in [0, 0.1) is 13.8 Å². The first-order chi connectivity index (χ1) is 6.02. The van der Waals surface area contributed by atoms with Gasteiger partial charge in [-0.15, -0.1) is 0 Å². The van der Waals surface area contributed by atoms with Crippen molar-refractivity contribution in [3.63, 3.8) is 0 Å². The number of nitrogens with zero attached hydrogens (tertiary/aromatic N) is 1. The minimum absolute atomic E-state index is 0.00306. The van der Waals surface area contributed by atoms with Gasteiger partial charge in [-0.05, 0) is 13.8 Å². The minimum Gasteiger partial charge on any atom is -0.481 e. The minimum atomic E-state index is -0.879. The summed E-state index contributed by atoms with van der Waals surface area (Å²) in [6.07, 6.45) is -0.00306. The molecule has 0 aliphatic heterocycles. The van der Waals surface area contributed by atoms with Crippen molar-refractivity contribution >= 4 is 17.3 Å². The molecule has 1 rings (SSSR count). The number of hydrogen-bond donors (Lipinski definition) is 1. The fourth-order valence-electron chi connectivity index (χ4n) is 1.05. The van der Waals surface area contributed by atoms with Crippen molar-refractivity contribution in [2.75, 3.05) is 0 Å². The molecule has 0 atom stereocenters. The quantitative estimate of drug-likeness (QED) is 0.793. The fourth-order valence-corrected chi connectivity index (χ4v) is 1.91. The molecule has 0 fully saturated rings. The van der Waals surface area contributed by atoms with E-state index in [1.807, 2.05) is 13.8 Å². The van der Waals surface area contributed by atoms with Crippen molar-refractivity contribution in [2.24, 2.45) is 0 Å². The highest BCUT2D eigenvalue weighted by atomic mass is 32.1. The van der Waals surface area contributed by atoms with Gasteiger partial charge in [0.05, 0.1) is 6.42 Å². The largest absolute Gasteiger partial charge is 0.481 e. The topological polar surface area (TPSA) is 59.3 Å². The third kappa shape index (κ3) is 2.18. The van der Waals surface area contributed by atoms with Crippen LogP contribution in [0.2, 0.25) is 0 Å². The van der Waals surface area contributed by atoms with E-state index in [1.54, 1.807) is 0 Å². The van der Waals surface area contributed by atoms with Crippen LogP contribution in [0.1, 0.15) is 17.0 Å². The predicted molar refractivity (Wildman–Crippen MR) is 50.3 cm³/mol. The molecule has 0 aliphatic carbocycles. The van der Waals surface area contributed by atoms with Crippen molar-refractivity contribution in [3.8, 4) is 0 Å². The molecule has 0 aliphatic rings. The van der Waals surface area contributed by atoms with Crippen LogP contribution in [0.5, 0.6) is 0 Å². The molecule has 1 aromatic rings. The number of carbonyl (C=O) groups is 1. The van der Waals surface area contributed by atoms with Crippen molar-refractivity contribution in [3.05, 3.63) is 20.2 Å². The van der Waals surface area contributed by atoms with E-state index < -0.39 is 5.97 Å². The fraction of sp³-hybridized carbons (Fsp3) is 0.500. The second-order valence-corrected chi connectivity index (χ2v) is 3.97. The Kier molecular flexibility index (Phi) is 2.87. The molecule has 5 heteroatoms. The standard InChI is InChI=1S/C8H11NO3S/c1-5-6(2)13-8(12)9(5)4-3-7(10)11/h3-4H2,1-2H3,(H,10,11). The summed E-state index contributed by atoms with van der Waals surface area (Å²) in [5, 5.41) is 8.45.